The van der Waals surface area contributed by atoms with E-state index in [1.165, 1.54) is 35.2 Å². The minimum atomic E-state index is -0.260. The maximum Gasteiger partial charge on any atom is 0.230 e. The first-order valence-corrected chi connectivity index (χ1v) is 8.05. The van der Waals surface area contributed by atoms with Crippen LogP contribution in [0.1, 0.15) is 13.8 Å². The van der Waals surface area contributed by atoms with Crippen molar-refractivity contribution in [3.05, 3.63) is 35.5 Å². The summed E-state index contributed by atoms with van der Waals surface area (Å²) in [5.74, 6) is 0.0987. The first kappa shape index (κ1) is 15.0. The van der Waals surface area contributed by atoms with Crippen LogP contribution in [-0.2, 0) is 4.79 Å². The molecule has 1 amide bonds. The van der Waals surface area contributed by atoms with Crippen LogP contribution in [0.3, 0.4) is 0 Å². The van der Waals surface area contributed by atoms with Crippen LogP contribution in [0.25, 0.3) is 11.3 Å². The summed E-state index contributed by atoms with van der Waals surface area (Å²) in [6.45, 7) is 3.86. The molecule has 1 N–H and O–H groups in total. The van der Waals surface area contributed by atoms with Crippen LogP contribution >= 0.6 is 23.1 Å². The SMILES string of the molecule is CC(C)NC(=O)CSc1nc(-c2ccc(F)cc2)cs1. The van der Waals surface area contributed by atoms with E-state index in [1.54, 1.807) is 12.1 Å². The predicted octanol–water partition coefficient (Wildman–Crippen LogP) is 3.57. The van der Waals surface area contributed by atoms with E-state index in [1.807, 2.05) is 19.2 Å². The number of rotatable bonds is 5. The fourth-order valence-corrected chi connectivity index (χ4v) is 3.21. The second-order valence-corrected chi connectivity index (χ2v) is 6.60. The zero-order chi connectivity index (χ0) is 14.5. The minimum absolute atomic E-state index is 0.00327. The van der Waals surface area contributed by atoms with Crippen molar-refractivity contribution in [2.24, 2.45) is 0 Å². The number of aromatic nitrogens is 1. The molecule has 0 saturated heterocycles. The summed E-state index contributed by atoms with van der Waals surface area (Å²) < 4.78 is 13.7. The van der Waals surface area contributed by atoms with Crippen molar-refractivity contribution in [1.82, 2.24) is 10.3 Å². The van der Waals surface area contributed by atoms with Crippen molar-refractivity contribution < 1.29 is 9.18 Å². The van der Waals surface area contributed by atoms with Crippen molar-refractivity contribution in [2.75, 3.05) is 5.75 Å². The number of benzene rings is 1. The van der Waals surface area contributed by atoms with Crippen molar-refractivity contribution in [3.63, 3.8) is 0 Å². The number of nitrogens with zero attached hydrogens (tertiary/aromatic N) is 1. The molecular weight excluding hydrogens is 295 g/mol. The Balaban J connectivity index is 1.95. The first-order valence-electron chi connectivity index (χ1n) is 6.18. The van der Waals surface area contributed by atoms with Crippen LogP contribution in [0.5, 0.6) is 0 Å². The zero-order valence-electron chi connectivity index (χ0n) is 11.2. The number of carbonyl (C=O) groups is 1. The van der Waals surface area contributed by atoms with Crippen LogP contribution in [0.15, 0.2) is 34.0 Å². The van der Waals surface area contributed by atoms with E-state index >= 15 is 0 Å². The van der Waals surface area contributed by atoms with Crippen LogP contribution in [0.2, 0.25) is 0 Å². The van der Waals surface area contributed by atoms with Crippen LogP contribution in [-0.4, -0.2) is 22.7 Å². The Morgan fingerprint density at radius 3 is 2.75 bits per heavy atom. The van der Waals surface area contributed by atoms with Gasteiger partial charge in [-0.1, -0.05) is 11.8 Å². The molecule has 2 rings (SSSR count). The molecule has 106 valence electrons. The molecule has 0 fully saturated rings. The van der Waals surface area contributed by atoms with E-state index in [0.717, 1.165) is 15.6 Å². The smallest absolute Gasteiger partial charge is 0.230 e. The fraction of sp³-hybridized carbons (Fsp3) is 0.286. The van der Waals surface area contributed by atoms with Crippen molar-refractivity contribution in [1.29, 1.82) is 0 Å². The average molecular weight is 310 g/mol. The third kappa shape index (κ3) is 4.31. The topological polar surface area (TPSA) is 42.0 Å². The molecule has 0 aliphatic rings. The molecule has 3 nitrogen and oxygen atoms in total. The third-order valence-corrected chi connectivity index (χ3v) is 4.42. The van der Waals surface area contributed by atoms with E-state index in [0.29, 0.717) is 5.75 Å². The maximum atomic E-state index is 12.9. The van der Waals surface area contributed by atoms with E-state index in [-0.39, 0.29) is 17.8 Å². The van der Waals surface area contributed by atoms with Gasteiger partial charge in [-0.2, -0.15) is 0 Å². The highest BCUT2D eigenvalue weighted by molar-refractivity contribution is 8.01. The first-order chi connectivity index (χ1) is 9.54. The summed E-state index contributed by atoms with van der Waals surface area (Å²) in [5, 5.41) is 4.75. The number of halogens is 1. The number of carbonyl (C=O) groups excluding carboxylic acids is 1. The van der Waals surface area contributed by atoms with E-state index in [9.17, 15) is 9.18 Å². The number of thiazole rings is 1. The summed E-state index contributed by atoms with van der Waals surface area (Å²) in [7, 11) is 0. The van der Waals surface area contributed by atoms with Crippen molar-refractivity contribution >= 4 is 29.0 Å². The third-order valence-electron chi connectivity index (χ3n) is 2.40. The van der Waals surface area contributed by atoms with Crippen molar-refractivity contribution in [2.45, 2.75) is 24.2 Å². The average Bonchev–Trinajstić information content (AvgIpc) is 2.85. The lowest BCUT2D eigenvalue weighted by molar-refractivity contribution is -0.119. The van der Waals surface area contributed by atoms with Gasteiger partial charge in [0.15, 0.2) is 4.34 Å². The lowest BCUT2D eigenvalue weighted by Gasteiger charge is -2.06. The second-order valence-electron chi connectivity index (χ2n) is 4.52. The van der Waals surface area contributed by atoms with Crippen LogP contribution in [0.4, 0.5) is 4.39 Å². The summed E-state index contributed by atoms with van der Waals surface area (Å²) in [6, 6.07) is 6.37. The van der Waals surface area contributed by atoms with Gasteiger partial charge in [0.2, 0.25) is 5.91 Å². The number of hydrogen-bond donors (Lipinski definition) is 1. The van der Waals surface area contributed by atoms with Gasteiger partial charge >= 0.3 is 0 Å². The Morgan fingerprint density at radius 2 is 2.10 bits per heavy atom. The Morgan fingerprint density at radius 1 is 1.40 bits per heavy atom. The number of hydrogen-bond acceptors (Lipinski definition) is 4. The highest BCUT2D eigenvalue weighted by Gasteiger charge is 2.08. The Bertz CT molecular complexity index is 581. The summed E-state index contributed by atoms with van der Waals surface area (Å²) in [4.78, 5) is 16.0. The van der Waals surface area contributed by atoms with Gasteiger partial charge in [-0.25, -0.2) is 9.37 Å². The predicted molar refractivity (Wildman–Crippen MR) is 81.5 cm³/mol. The number of nitrogens with one attached hydrogen (secondary N) is 1. The highest BCUT2D eigenvalue weighted by Crippen LogP contribution is 2.28. The molecule has 1 aromatic carbocycles. The molecule has 0 atom stereocenters. The lowest BCUT2D eigenvalue weighted by atomic mass is 10.2. The Hall–Kier alpha value is -1.40. The molecule has 0 unspecified atom stereocenters. The molecule has 1 aromatic heterocycles. The highest BCUT2D eigenvalue weighted by atomic mass is 32.2. The van der Waals surface area contributed by atoms with Crippen LogP contribution in [0, 0.1) is 5.82 Å². The van der Waals surface area contributed by atoms with Gasteiger partial charge in [0.1, 0.15) is 5.82 Å². The fourth-order valence-electron chi connectivity index (χ4n) is 1.57. The van der Waals surface area contributed by atoms with Crippen molar-refractivity contribution in [3.8, 4) is 11.3 Å². The number of amides is 1. The van der Waals surface area contributed by atoms with E-state index < -0.39 is 0 Å². The zero-order valence-corrected chi connectivity index (χ0v) is 12.9. The quantitative estimate of drug-likeness (QED) is 0.859. The molecule has 6 heteroatoms. The number of thioether (sulfide) groups is 1. The molecule has 0 radical (unpaired) electrons. The molecule has 2 aromatic rings. The largest absolute Gasteiger partial charge is 0.353 e. The molecule has 0 aliphatic carbocycles. The van der Waals surface area contributed by atoms with E-state index in [4.69, 9.17) is 0 Å². The van der Waals surface area contributed by atoms with Gasteiger partial charge in [-0.15, -0.1) is 11.3 Å². The minimum Gasteiger partial charge on any atom is -0.353 e. The molecular formula is C14H15FN2OS2. The van der Waals surface area contributed by atoms with E-state index in [2.05, 4.69) is 10.3 Å². The molecule has 0 spiro atoms. The monoisotopic (exact) mass is 310 g/mol. The van der Waals surface area contributed by atoms with Gasteiger partial charge in [0.25, 0.3) is 0 Å². The maximum absolute atomic E-state index is 12.9. The second kappa shape index (κ2) is 6.85. The van der Waals surface area contributed by atoms with Gasteiger partial charge in [-0.05, 0) is 38.1 Å². The summed E-state index contributed by atoms with van der Waals surface area (Å²) >= 11 is 2.90. The lowest BCUT2D eigenvalue weighted by Crippen LogP contribution is -2.31. The molecule has 1 heterocycles. The van der Waals surface area contributed by atoms with Gasteiger partial charge in [0, 0.05) is 17.0 Å². The van der Waals surface area contributed by atoms with Gasteiger partial charge in [0.05, 0.1) is 11.4 Å². The summed E-state index contributed by atoms with van der Waals surface area (Å²) in [6.07, 6.45) is 0. The molecule has 20 heavy (non-hydrogen) atoms. The molecule has 0 aliphatic heterocycles. The Kier molecular flexibility index (Phi) is 5.14. The molecule has 0 bridgehead atoms. The summed E-state index contributed by atoms with van der Waals surface area (Å²) in [5.41, 5.74) is 1.68. The normalized spacial score (nSPS) is 10.8. The van der Waals surface area contributed by atoms with Crippen LogP contribution < -0.4 is 5.32 Å². The van der Waals surface area contributed by atoms with Gasteiger partial charge < -0.3 is 5.32 Å². The molecule has 0 saturated carbocycles. The Labute approximate surface area is 125 Å². The van der Waals surface area contributed by atoms with Gasteiger partial charge in [-0.3, -0.25) is 4.79 Å². The standard InChI is InChI=1S/C14H15FN2OS2/c1-9(2)16-13(18)8-20-14-17-12(7-19-14)10-3-5-11(15)6-4-10/h3-7,9H,8H2,1-2H3,(H,16,18).